The number of hydrogen-bond donors (Lipinski definition) is 1. The first-order valence-corrected chi connectivity index (χ1v) is 6.39. The van der Waals surface area contributed by atoms with Crippen molar-refractivity contribution < 1.29 is 4.74 Å². The van der Waals surface area contributed by atoms with Gasteiger partial charge in [-0.15, -0.1) is 0 Å². The summed E-state index contributed by atoms with van der Waals surface area (Å²) in [6, 6.07) is 5.33. The van der Waals surface area contributed by atoms with Gasteiger partial charge in [0.1, 0.15) is 12.4 Å². The zero-order valence-electron chi connectivity index (χ0n) is 10.2. The van der Waals surface area contributed by atoms with E-state index in [4.69, 9.17) is 22.1 Å². The Morgan fingerprint density at radius 3 is 2.88 bits per heavy atom. The van der Waals surface area contributed by atoms with E-state index in [0.717, 1.165) is 12.5 Å². The Morgan fingerprint density at radius 1 is 1.47 bits per heavy atom. The largest absolute Gasteiger partial charge is 0.491 e. The minimum atomic E-state index is 0.579. The summed E-state index contributed by atoms with van der Waals surface area (Å²) in [7, 11) is 2.13. The van der Waals surface area contributed by atoms with Crippen molar-refractivity contribution in [2.45, 2.75) is 12.8 Å². The second kappa shape index (κ2) is 5.61. The number of benzene rings is 1. The highest BCUT2D eigenvalue weighted by Crippen LogP contribution is 2.29. The second-order valence-electron chi connectivity index (χ2n) is 4.74. The summed E-state index contributed by atoms with van der Waals surface area (Å²) < 4.78 is 5.64. The van der Waals surface area contributed by atoms with Gasteiger partial charge in [0.2, 0.25) is 0 Å². The fourth-order valence-electron chi connectivity index (χ4n) is 1.78. The molecular weight excluding hydrogens is 236 g/mol. The fourth-order valence-corrected chi connectivity index (χ4v) is 2.02. The number of rotatable bonds is 6. The molecule has 0 aromatic heterocycles. The molecule has 1 aromatic rings. The summed E-state index contributed by atoms with van der Waals surface area (Å²) in [5.74, 6) is 1.63. The molecule has 2 rings (SSSR count). The lowest BCUT2D eigenvalue weighted by Crippen LogP contribution is -2.26. The van der Waals surface area contributed by atoms with Crippen molar-refractivity contribution in [3.63, 3.8) is 0 Å². The van der Waals surface area contributed by atoms with E-state index in [1.807, 2.05) is 6.07 Å². The van der Waals surface area contributed by atoms with Crippen LogP contribution >= 0.6 is 11.6 Å². The molecular formula is C13H19ClN2O. The third-order valence-corrected chi connectivity index (χ3v) is 3.25. The molecule has 0 spiro atoms. The highest BCUT2D eigenvalue weighted by molar-refractivity contribution is 6.32. The first-order valence-electron chi connectivity index (χ1n) is 6.01. The maximum Gasteiger partial charge on any atom is 0.138 e. The number of halogens is 1. The zero-order chi connectivity index (χ0) is 12.3. The molecule has 4 heteroatoms. The molecule has 0 aliphatic heterocycles. The number of likely N-dealkylation sites (N-methyl/N-ethyl adjacent to an activating group) is 1. The van der Waals surface area contributed by atoms with Crippen LogP contribution in [0.1, 0.15) is 12.8 Å². The fraction of sp³-hybridized carbons (Fsp3) is 0.538. The van der Waals surface area contributed by atoms with Gasteiger partial charge in [-0.05, 0) is 44.0 Å². The number of ether oxygens (including phenoxy) is 1. The van der Waals surface area contributed by atoms with Gasteiger partial charge in [-0.25, -0.2) is 0 Å². The molecule has 0 unspecified atom stereocenters. The Kier molecular flexibility index (Phi) is 4.13. The van der Waals surface area contributed by atoms with Crippen LogP contribution < -0.4 is 10.5 Å². The normalized spacial score (nSPS) is 15.2. The van der Waals surface area contributed by atoms with Crippen molar-refractivity contribution in [1.29, 1.82) is 0 Å². The van der Waals surface area contributed by atoms with Gasteiger partial charge in [-0.3, -0.25) is 0 Å². The van der Waals surface area contributed by atoms with Crippen LogP contribution in [0.2, 0.25) is 5.02 Å². The van der Waals surface area contributed by atoms with Crippen LogP contribution in [0.3, 0.4) is 0 Å². The Bertz CT molecular complexity index is 380. The van der Waals surface area contributed by atoms with Crippen molar-refractivity contribution >= 4 is 17.3 Å². The van der Waals surface area contributed by atoms with Crippen LogP contribution in [0.25, 0.3) is 0 Å². The molecule has 3 nitrogen and oxygen atoms in total. The van der Waals surface area contributed by atoms with E-state index < -0.39 is 0 Å². The van der Waals surface area contributed by atoms with Gasteiger partial charge in [0.15, 0.2) is 0 Å². The van der Waals surface area contributed by atoms with Crippen molar-refractivity contribution in [3.8, 4) is 5.75 Å². The van der Waals surface area contributed by atoms with E-state index in [0.29, 0.717) is 23.1 Å². The van der Waals surface area contributed by atoms with E-state index in [-0.39, 0.29) is 0 Å². The Morgan fingerprint density at radius 2 is 2.24 bits per heavy atom. The van der Waals surface area contributed by atoms with Crippen LogP contribution in [-0.2, 0) is 0 Å². The monoisotopic (exact) mass is 254 g/mol. The summed E-state index contributed by atoms with van der Waals surface area (Å²) in [5.41, 5.74) is 6.28. The smallest absolute Gasteiger partial charge is 0.138 e. The molecule has 0 amide bonds. The maximum absolute atomic E-state index is 6.02. The lowest BCUT2D eigenvalue weighted by molar-refractivity contribution is 0.232. The number of nitrogens with two attached hydrogens (primary N) is 1. The molecule has 0 atom stereocenters. The topological polar surface area (TPSA) is 38.5 Å². The second-order valence-corrected chi connectivity index (χ2v) is 5.15. The summed E-state index contributed by atoms with van der Waals surface area (Å²) in [5, 5.41) is 0.579. The summed E-state index contributed by atoms with van der Waals surface area (Å²) in [6.45, 7) is 2.77. The van der Waals surface area contributed by atoms with Gasteiger partial charge in [-0.2, -0.15) is 0 Å². The minimum Gasteiger partial charge on any atom is -0.491 e. The van der Waals surface area contributed by atoms with Crippen LogP contribution in [0.5, 0.6) is 5.75 Å². The third-order valence-electron chi connectivity index (χ3n) is 2.95. The van der Waals surface area contributed by atoms with E-state index in [9.17, 15) is 0 Å². The van der Waals surface area contributed by atoms with Gasteiger partial charge in [0, 0.05) is 18.8 Å². The molecule has 1 aliphatic rings. The Hall–Kier alpha value is -0.930. The summed E-state index contributed by atoms with van der Waals surface area (Å²) in [4.78, 5) is 2.31. The highest BCUT2D eigenvalue weighted by Gasteiger charge is 2.22. The van der Waals surface area contributed by atoms with Crippen molar-refractivity contribution in [2.75, 3.05) is 32.5 Å². The Balaban J connectivity index is 1.73. The van der Waals surface area contributed by atoms with Crippen molar-refractivity contribution in [2.24, 2.45) is 5.92 Å². The quantitative estimate of drug-likeness (QED) is 0.794. The minimum absolute atomic E-state index is 0.579. The molecule has 17 heavy (non-hydrogen) atoms. The van der Waals surface area contributed by atoms with Gasteiger partial charge in [0.05, 0.1) is 5.02 Å². The van der Waals surface area contributed by atoms with Crippen LogP contribution in [0.4, 0.5) is 5.69 Å². The zero-order valence-corrected chi connectivity index (χ0v) is 10.9. The third kappa shape index (κ3) is 4.10. The Labute approximate surface area is 107 Å². The van der Waals surface area contributed by atoms with Crippen LogP contribution in [0.15, 0.2) is 18.2 Å². The predicted molar refractivity (Wildman–Crippen MR) is 71.6 cm³/mol. The van der Waals surface area contributed by atoms with E-state index in [1.54, 1.807) is 12.1 Å². The molecule has 1 aliphatic carbocycles. The lowest BCUT2D eigenvalue weighted by Gasteiger charge is -2.16. The molecule has 0 radical (unpaired) electrons. The van der Waals surface area contributed by atoms with Gasteiger partial charge in [0.25, 0.3) is 0 Å². The molecule has 1 fully saturated rings. The molecule has 0 heterocycles. The lowest BCUT2D eigenvalue weighted by atomic mass is 10.3. The number of anilines is 1. The molecule has 1 aromatic carbocycles. The molecule has 2 N–H and O–H groups in total. The maximum atomic E-state index is 6.02. The SMILES string of the molecule is CN(CCOc1ccc(N)cc1Cl)CC1CC1. The van der Waals surface area contributed by atoms with E-state index in [2.05, 4.69) is 11.9 Å². The van der Waals surface area contributed by atoms with E-state index >= 15 is 0 Å². The molecule has 94 valence electrons. The first-order chi connectivity index (χ1) is 8.15. The average Bonchev–Trinajstić information content (AvgIpc) is 3.05. The van der Waals surface area contributed by atoms with Gasteiger partial charge < -0.3 is 15.4 Å². The van der Waals surface area contributed by atoms with E-state index in [1.165, 1.54) is 19.4 Å². The number of nitrogens with zero attached hydrogens (tertiary/aromatic N) is 1. The molecule has 0 saturated heterocycles. The molecule has 0 bridgehead atoms. The number of hydrogen-bond acceptors (Lipinski definition) is 3. The summed E-state index contributed by atoms with van der Waals surface area (Å²) in [6.07, 6.45) is 2.77. The van der Waals surface area contributed by atoms with Crippen molar-refractivity contribution in [1.82, 2.24) is 4.90 Å². The predicted octanol–water partition coefficient (Wildman–Crippen LogP) is 2.64. The van der Waals surface area contributed by atoms with Crippen molar-refractivity contribution in [3.05, 3.63) is 23.2 Å². The first kappa shape index (κ1) is 12.5. The highest BCUT2D eigenvalue weighted by atomic mass is 35.5. The average molecular weight is 255 g/mol. The van der Waals surface area contributed by atoms with Crippen LogP contribution in [-0.4, -0.2) is 31.6 Å². The summed E-state index contributed by atoms with van der Waals surface area (Å²) >= 11 is 6.02. The number of nitrogen functional groups attached to an aromatic ring is 1. The van der Waals surface area contributed by atoms with Gasteiger partial charge >= 0.3 is 0 Å². The molecule has 1 saturated carbocycles. The van der Waals surface area contributed by atoms with Crippen LogP contribution in [0, 0.1) is 5.92 Å². The van der Waals surface area contributed by atoms with Gasteiger partial charge in [-0.1, -0.05) is 11.6 Å². The standard InChI is InChI=1S/C13H19ClN2O/c1-16(9-10-2-3-10)6-7-17-13-5-4-11(15)8-12(13)14/h4-5,8,10H,2-3,6-7,9,15H2,1H3.